The highest BCUT2D eigenvalue weighted by Gasteiger charge is 2.22. The minimum atomic E-state index is -4.59. The lowest BCUT2D eigenvalue weighted by molar-refractivity contribution is 0.374. The second-order valence-corrected chi connectivity index (χ2v) is 10.4. The van der Waals surface area contributed by atoms with E-state index in [4.69, 9.17) is 30.4 Å². The quantitative estimate of drug-likeness (QED) is 0.252. The van der Waals surface area contributed by atoms with Crippen LogP contribution in [0.5, 0.6) is 23.0 Å². The summed E-state index contributed by atoms with van der Waals surface area (Å²) in [5.41, 5.74) is 14.0. The number of ether oxygens (including phenoxy) is 4. The van der Waals surface area contributed by atoms with E-state index in [1.807, 2.05) is 0 Å². The minimum Gasteiger partial charge on any atom is -0.496 e. The highest BCUT2D eigenvalue weighted by atomic mass is 32.2. The lowest BCUT2D eigenvalue weighted by Gasteiger charge is -2.16. The van der Waals surface area contributed by atoms with Crippen LogP contribution in [0.3, 0.4) is 0 Å². The van der Waals surface area contributed by atoms with Gasteiger partial charge in [0.25, 0.3) is 10.1 Å². The average Bonchev–Trinajstić information content (AvgIpc) is 2.86. The first-order chi connectivity index (χ1) is 17.5. The average molecular weight is 549 g/mol. The zero-order valence-corrected chi connectivity index (χ0v) is 22.3. The van der Waals surface area contributed by atoms with E-state index >= 15 is 0 Å². The molecule has 0 saturated heterocycles. The van der Waals surface area contributed by atoms with Gasteiger partial charge in [-0.15, -0.1) is 0 Å². The Bertz CT molecular complexity index is 1440. The molecule has 0 fully saturated rings. The van der Waals surface area contributed by atoms with E-state index in [-0.39, 0.29) is 22.7 Å². The fraction of sp³-hybridized carbons (Fsp3) is 0.200. The van der Waals surface area contributed by atoms with Crippen molar-refractivity contribution in [2.45, 2.75) is 10.6 Å². The van der Waals surface area contributed by atoms with Crippen LogP contribution >= 0.6 is 0 Å². The molecular weight excluding hydrogens is 520 g/mol. The van der Waals surface area contributed by atoms with Crippen LogP contribution in [0.25, 0.3) is 17.2 Å². The standard InChI is InChI=1S/C25H28N2O8S2/c1-32-16-12-21(34-3)17(22(13-16)35-4)9-10-36(28)14-15-5-7-20(33-2)18(11-15)24-19(26)6-8-23(25(24)27)37(29,30)31/h5-13H,14,26-27H2,1-4H3,(H,29,30,31)/b10-9+. The second-order valence-electron chi connectivity index (χ2n) is 7.72. The van der Waals surface area contributed by atoms with Crippen molar-refractivity contribution in [3.63, 3.8) is 0 Å². The highest BCUT2D eigenvalue weighted by Crippen LogP contribution is 2.41. The first kappa shape index (κ1) is 27.8. The van der Waals surface area contributed by atoms with E-state index in [2.05, 4.69) is 0 Å². The molecule has 198 valence electrons. The number of hydrogen-bond acceptors (Lipinski definition) is 9. The van der Waals surface area contributed by atoms with Gasteiger partial charge in [-0.05, 0) is 35.9 Å². The van der Waals surface area contributed by atoms with Crippen molar-refractivity contribution in [1.82, 2.24) is 0 Å². The third-order valence-corrected chi connectivity index (χ3v) is 7.47. The van der Waals surface area contributed by atoms with Gasteiger partial charge in [-0.1, -0.05) is 6.07 Å². The molecule has 10 nitrogen and oxygen atoms in total. The predicted octanol–water partition coefficient (Wildman–Crippen LogP) is 3.72. The predicted molar refractivity (Wildman–Crippen MR) is 144 cm³/mol. The summed E-state index contributed by atoms with van der Waals surface area (Å²) in [6.07, 6.45) is 1.64. The molecule has 0 heterocycles. The van der Waals surface area contributed by atoms with Gasteiger partial charge in [-0.25, -0.2) is 0 Å². The molecule has 3 aromatic rings. The number of anilines is 2. The van der Waals surface area contributed by atoms with Crippen molar-refractivity contribution < 1.29 is 36.1 Å². The SMILES string of the molecule is COc1cc(OC)c(/C=C/S(=O)Cc2ccc(OC)c(-c3c(N)ccc(S(=O)(=O)O)c3N)c2)c(OC)c1. The fourth-order valence-electron chi connectivity index (χ4n) is 3.74. The molecule has 0 aliphatic rings. The van der Waals surface area contributed by atoms with Gasteiger partial charge in [0, 0.05) is 34.4 Å². The Morgan fingerprint density at radius 2 is 1.51 bits per heavy atom. The molecule has 0 saturated carbocycles. The van der Waals surface area contributed by atoms with Crippen molar-refractivity contribution in [3.05, 3.63) is 59.0 Å². The molecule has 1 unspecified atom stereocenters. The molecule has 0 aromatic heterocycles. The number of nitrogen functional groups attached to an aromatic ring is 2. The number of nitrogens with two attached hydrogens (primary N) is 2. The van der Waals surface area contributed by atoms with Gasteiger partial charge < -0.3 is 30.4 Å². The summed E-state index contributed by atoms with van der Waals surface area (Å²) in [6, 6.07) is 10.9. The number of benzene rings is 3. The molecule has 0 aliphatic carbocycles. The molecule has 0 aliphatic heterocycles. The van der Waals surface area contributed by atoms with Crippen LogP contribution in [-0.2, 0) is 26.7 Å². The number of rotatable bonds is 10. The van der Waals surface area contributed by atoms with E-state index in [1.54, 1.807) is 36.4 Å². The lowest BCUT2D eigenvalue weighted by atomic mass is 9.99. The zero-order valence-electron chi connectivity index (χ0n) is 20.7. The van der Waals surface area contributed by atoms with Gasteiger partial charge in [0.2, 0.25) is 0 Å². The van der Waals surface area contributed by atoms with E-state index in [9.17, 15) is 17.2 Å². The van der Waals surface area contributed by atoms with Gasteiger partial charge in [0.05, 0.1) is 56.2 Å². The fourth-order valence-corrected chi connectivity index (χ4v) is 5.25. The van der Waals surface area contributed by atoms with Crippen LogP contribution in [0.1, 0.15) is 11.1 Å². The van der Waals surface area contributed by atoms with Crippen molar-refractivity contribution in [1.29, 1.82) is 0 Å². The van der Waals surface area contributed by atoms with Gasteiger partial charge in [-0.2, -0.15) is 8.42 Å². The highest BCUT2D eigenvalue weighted by molar-refractivity contribution is 7.87. The largest absolute Gasteiger partial charge is 0.496 e. The minimum absolute atomic E-state index is 0.117. The van der Waals surface area contributed by atoms with Crippen LogP contribution < -0.4 is 30.4 Å². The normalized spacial score (nSPS) is 12.4. The molecule has 37 heavy (non-hydrogen) atoms. The van der Waals surface area contributed by atoms with Crippen LogP contribution in [0.4, 0.5) is 11.4 Å². The Balaban J connectivity index is 1.98. The molecule has 1 atom stereocenters. The first-order valence-corrected chi connectivity index (χ1v) is 13.5. The number of hydrogen-bond donors (Lipinski definition) is 3. The summed E-state index contributed by atoms with van der Waals surface area (Å²) in [5.74, 6) is 2.01. The first-order valence-electron chi connectivity index (χ1n) is 10.7. The van der Waals surface area contributed by atoms with Crippen LogP contribution in [0.15, 0.2) is 52.8 Å². The van der Waals surface area contributed by atoms with Gasteiger partial charge >= 0.3 is 0 Å². The van der Waals surface area contributed by atoms with E-state index in [1.165, 1.54) is 39.9 Å². The summed E-state index contributed by atoms with van der Waals surface area (Å²) < 4.78 is 67.5. The van der Waals surface area contributed by atoms with Gasteiger partial charge in [0.1, 0.15) is 27.9 Å². The van der Waals surface area contributed by atoms with Crippen LogP contribution in [0, 0.1) is 0 Å². The van der Waals surface area contributed by atoms with E-state index in [0.29, 0.717) is 39.7 Å². The summed E-state index contributed by atoms with van der Waals surface area (Å²) >= 11 is 0. The van der Waals surface area contributed by atoms with E-state index < -0.39 is 25.8 Å². The summed E-state index contributed by atoms with van der Waals surface area (Å²) in [4.78, 5) is -0.474. The summed E-state index contributed by atoms with van der Waals surface area (Å²) in [7, 11) is -0.0624. The molecule has 12 heteroatoms. The molecule has 3 aromatic carbocycles. The maximum Gasteiger partial charge on any atom is 0.296 e. The lowest BCUT2D eigenvalue weighted by Crippen LogP contribution is -2.07. The third kappa shape index (κ3) is 6.16. The van der Waals surface area contributed by atoms with Crippen LogP contribution in [0.2, 0.25) is 0 Å². The topological polar surface area (TPSA) is 160 Å². The van der Waals surface area contributed by atoms with Crippen molar-refractivity contribution >= 4 is 38.4 Å². The Morgan fingerprint density at radius 3 is 2.05 bits per heavy atom. The van der Waals surface area contributed by atoms with Gasteiger partial charge in [0.15, 0.2) is 0 Å². The monoisotopic (exact) mass is 548 g/mol. The Labute approximate surface area is 218 Å². The Hall–Kier alpha value is -3.74. The maximum atomic E-state index is 13.0. The van der Waals surface area contributed by atoms with E-state index in [0.717, 1.165) is 6.07 Å². The summed E-state index contributed by atoms with van der Waals surface area (Å²) in [6.45, 7) is 0. The summed E-state index contributed by atoms with van der Waals surface area (Å²) in [5, 5.41) is 1.51. The molecule has 0 radical (unpaired) electrons. The Morgan fingerprint density at radius 1 is 0.892 bits per heavy atom. The van der Waals surface area contributed by atoms with Crippen molar-refractivity contribution in [3.8, 4) is 34.1 Å². The van der Waals surface area contributed by atoms with Crippen LogP contribution in [-0.4, -0.2) is 45.6 Å². The number of methoxy groups -OCH3 is 4. The van der Waals surface area contributed by atoms with Crippen molar-refractivity contribution in [2.24, 2.45) is 0 Å². The Kier molecular flexibility index (Phi) is 8.69. The smallest absolute Gasteiger partial charge is 0.296 e. The second kappa shape index (κ2) is 11.5. The zero-order chi connectivity index (χ0) is 27.3. The third-order valence-electron chi connectivity index (χ3n) is 5.50. The van der Waals surface area contributed by atoms with Gasteiger partial charge in [-0.3, -0.25) is 8.76 Å². The molecular formula is C25H28N2O8S2. The molecule has 0 spiro atoms. The molecule has 3 rings (SSSR count). The molecule has 0 amide bonds. The molecule has 0 bridgehead atoms. The van der Waals surface area contributed by atoms with Crippen molar-refractivity contribution in [2.75, 3.05) is 39.9 Å². The molecule has 5 N–H and O–H groups in total. The maximum absolute atomic E-state index is 13.0.